The van der Waals surface area contributed by atoms with Gasteiger partial charge in [-0.3, -0.25) is 15.6 Å². The number of amides is 1. The van der Waals surface area contributed by atoms with Crippen molar-refractivity contribution >= 4 is 28.9 Å². The van der Waals surface area contributed by atoms with Gasteiger partial charge in [-0.1, -0.05) is 30.3 Å². The molecule has 8 heteroatoms. The number of rotatable bonds is 5. The van der Waals surface area contributed by atoms with Crippen molar-refractivity contribution in [2.75, 3.05) is 31.1 Å². The molecule has 3 aromatic rings. The van der Waals surface area contributed by atoms with Crippen LogP contribution in [-0.2, 0) is 17.6 Å². The Bertz CT molecular complexity index is 1130. The molecule has 1 saturated heterocycles. The van der Waals surface area contributed by atoms with Gasteiger partial charge in [0.05, 0.1) is 6.42 Å². The van der Waals surface area contributed by atoms with Crippen LogP contribution in [0, 0.1) is 17.7 Å². The van der Waals surface area contributed by atoms with E-state index in [-0.39, 0.29) is 17.2 Å². The number of nitrogens with one attached hydrogen (secondary N) is 2. The highest BCUT2D eigenvalue weighted by molar-refractivity contribution is 7.10. The first-order valence-electron chi connectivity index (χ1n) is 10.3. The van der Waals surface area contributed by atoms with Gasteiger partial charge in [0.15, 0.2) is 0 Å². The molecular weight excluding hydrogens is 408 g/mol. The Morgan fingerprint density at radius 2 is 1.81 bits per heavy atom. The third kappa shape index (κ3) is 4.91. The molecule has 1 amide bonds. The Hall–Kier alpha value is -3.26. The van der Waals surface area contributed by atoms with Crippen LogP contribution in [0.4, 0.5) is 5.82 Å². The first kappa shape index (κ1) is 21.0. The van der Waals surface area contributed by atoms with E-state index in [1.807, 2.05) is 59.7 Å². The number of thiophene rings is 1. The third-order valence-corrected chi connectivity index (χ3v) is 6.43. The highest BCUT2D eigenvalue weighted by Gasteiger charge is 2.23. The summed E-state index contributed by atoms with van der Waals surface area (Å²) >= 11 is 1.60. The molecule has 4 rings (SSSR count). The van der Waals surface area contributed by atoms with Crippen LogP contribution in [0.3, 0.4) is 0 Å². The van der Waals surface area contributed by atoms with E-state index >= 15 is 0 Å². The molecule has 2 aromatic heterocycles. The minimum atomic E-state index is 0.149. The third-order valence-electron chi connectivity index (χ3n) is 5.56. The van der Waals surface area contributed by atoms with E-state index in [9.17, 15) is 4.79 Å². The fourth-order valence-electron chi connectivity index (χ4n) is 3.71. The average molecular weight is 435 g/mol. The number of nitrogens with zero attached hydrogens (tertiary/aromatic N) is 4. The van der Waals surface area contributed by atoms with Crippen LogP contribution in [0.5, 0.6) is 0 Å². The fraction of sp³-hybridized carbons (Fsp3) is 0.304. The highest BCUT2D eigenvalue weighted by Crippen LogP contribution is 2.15. The van der Waals surface area contributed by atoms with Gasteiger partial charge in [-0.05, 0) is 41.6 Å². The van der Waals surface area contributed by atoms with Crippen LogP contribution >= 0.6 is 11.3 Å². The van der Waals surface area contributed by atoms with Gasteiger partial charge in [-0.2, -0.15) is 4.68 Å². The number of hydrogen-bond acceptors (Lipinski definition) is 6. The largest absolute Gasteiger partial charge is 0.352 e. The van der Waals surface area contributed by atoms with Crippen molar-refractivity contribution in [1.82, 2.24) is 14.7 Å². The lowest BCUT2D eigenvalue weighted by atomic mass is 10.1. The fourth-order valence-corrected chi connectivity index (χ4v) is 4.42. The van der Waals surface area contributed by atoms with E-state index in [1.54, 1.807) is 17.4 Å². The summed E-state index contributed by atoms with van der Waals surface area (Å²) in [5.74, 6) is 1.16. The number of aromatic nitrogens is 2. The Kier molecular flexibility index (Phi) is 6.27. The summed E-state index contributed by atoms with van der Waals surface area (Å²) in [6, 6.07) is 15.5. The second kappa shape index (κ2) is 9.26. The van der Waals surface area contributed by atoms with Crippen LogP contribution in [0.2, 0.25) is 0 Å². The lowest BCUT2D eigenvalue weighted by Gasteiger charge is -2.35. The van der Waals surface area contributed by atoms with Gasteiger partial charge in [0.2, 0.25) is 5.91 Å². The van der Waals surface area contributed by atoms with E-state index in [0.29, 0.717) is 39.0 Å². The standard InChI is InChI=1S/C23H26N6OS/c1-17-5-2-3-6-18(17)15-23(30)28-12-10-27(11-13-28)22-9-8-20(24)29(26-22)21(25)16-19-7-4-14-31-19/h2-9,14,24-25H,10-13,15-16H2,1H3. The molecule has 160 valence electrons. The van der Waals surface area contributed by atoms with Crippen molar-refractivity contribution in [1.29, 1.82) is 10.8 Å². The molecule has 1 aliphatic rings. The second-order valence-corrected chi connectivity index (χ2v) is 8.69. The van der Waals surface area contributed by atoms with E-state index in [0.717, 1.165) is 21.8 Å². The van der Waals surface area contributed by atoms with Crippen molar-refractivity contribution in [3.8, 4) is 0 Å². The van der Waals surface area contributed by atoms with E-state index < -0.39 is 0 Å². The van der Waals surface area contributed by atoms with Gasteiger partial charge in [-0.15, -0.1) is 16.4 Å². The molecule has 7 nitrogen and oxygen atoms in total. The number of anilines is 1. The predicted octanol–water partition coefficient (Wildman–Crippen LogP) is 2.69. The molecule has 1 aliphatic heterocycles. The molecule has 3 heterocycles. The topological polar surface area (TPSA) is 89.1 Å². The van der Waals surface area contributed by atoms with Gasteiger partial charge >= 0.3 is 0 Å². The zero-order valence-electron chi connectivity index (χ0n) is 17.5. The Labute approximate surface area is 185 Å². The Morgan fingerprint density at radius 1 is 1.03 bits per heavy atom. The second-order valence-electron chi connectivity index (χ2n) is 7.66. The molecule has 31 heavy (non-hydrogen) atoms. The minimum absolute atomic E-state index is 0.149. The van der Waals surface area contributed by atoms with E-state index in [2.05, 4.69) is 10.00 Å². The molecule has 0 radical (unpaired) electrons. The molecular formula is C23H26N6OS. The Morgan fingerprint density at radius 3 is 2.52 bits per heavy atom. The van der Waals surface area contributed by atoms with Gasteiger partial charge in [-0.25, -0.2) is 0 Å². The zero-order valence-corrected chi connectivity index (χ0v) is 18.4. The van der Waals surface area contributed by atoms with Gasteiger partial charge in [0, 0.05) is 37.5 Å². The molecule has 0 unspecified atom stereocenters. The quantitative estimate of drug-likeness (QED) is 0.478. The molecule has 1 fully saturated rings. The van der Waals surface area contributed by atoms with Crippen LogP contribution in [0.15, 0.2) is 53.9 Å². The summed E-state index contributed by atoms with van der Waals surface area (Å²) in [6.45, 7) is 4.68. The lowest BCUT2D eigenvalue weighted by molar-refractivity contribution is -0.130. The van der Waals surface area contributed by atoms with Crippen LogP contribution < -0.4 is 10.4 Å². The van der Waals surface area contributed by atoms with Crippen molar-refractivity contribution in [3.63, 3.8) is 0 Å². The number of carbonyl (C=O) groups is 1. The zero-order chi connectivity index (χ0) is 21.8. The van der Waals surface area contributed by atoms with Gasteiger partial charge in [0.25, 0.3) is 0 Å². The maximum atomic E-state index is 12.7. The summed E-state index contributed by atoms with van der Waals surface area (Å²) in [4.78, 5) is 17.8. The maximum absolute atomic E-state index is 12.7. The first-order chi connectivity index (χ1) is 15.0. The van der Waals surface area contributed by atoms with Gasteiger partial charge in [0.1, 0.15) is 17.1 Å². The first-order valence-corrected chi connectivity index (χ1v) is 11.2. The van der Waals surface area contributed by atoms with Crippen molar-refractivity contribution < 1.29 is 4.79 Å². The van der Waals surface area contributed by atoms with Crippen molar-refractivity contribution in [2.24, 2.45) is 0 Å². The molecule has 0 aliphatic carbocycles. The van der Waals surface area contributed by atoms with Crippen LogP contribution in [-0.4, -0.2) is 52.6 Å². The summed E-state index contributed by atoms with van der Waals surface area (Å²) in [6.07, 6.45) is 0.879. The number of carbonyl (C=O) groups excluding carboxylic acids is 1. The molecule has 2 N–H and O–H groups in total. The highest BCUT2D eigenvalue weighted by atomic mass is 32.1. The lowest BCUT2D eigenvalue weighted by Crippen LogP contribution is -2.50. The van der Waals surface area contributed by atoms with Crippen LogP contribution in [0.25, 0.3) is 0 Å². The maximum Gasteiger partial charge on any atom is 0.227 e. The van der Waals surface area contributed by atoms with E-state index in [1.165, 1.54) is 4.68 Å². The summed E-state index contributed by atoms with van der Waals surface area (Å²) in [5.41, 5.74) is 2.41. The van der Waals surface area contributed by atoms with Crippen LogP contribution in [0.1, 0.15) is 16.0 Å². The monoisotopic (exact) mass is 434 g/mol. The summed E-state index contributed by atoms with van der Waals surface area (Å²) < 4.78 is 1.39. The summed E-state index contributed by atoms with van der Waals surface area (Å²) in [5, 5.41) is 23.1. The number of aryl methyl sites for hydroxylation is 1. The molecule has 0 bridgehead atoms. The van der Waals surface area contributed by atoms with Crippen molar-refractivity contribution in [2.45, 2.75) is 19.8 Å². The number of piperazine rings is 1. The van der Waals surface area contributed by atoms with E-state index in [4.69, 9.17) is 10.8 Å². The Balaban J connectivity index is 1.39. The van der Waals surface area contributed by atoms with Crippen molar-refractivity contribution in [3.05, 3.63) is 75.4 Å². The minimum Gasteiger partial charge on any atom is -0.352 e. The number of hydrogen-bond donors (Lipinski definition) is 2. The average Bonchev–Trinajstić information content (AvgIpc) is 3.29. The molecule has 0 spiro atoms. The summed E-state index contributed by atoms with van der Waals surface area (Å²) in [7, 11) is 0. The SMILES string of the molecule is Cc1ccccc1CC(=O)N1CCN(c2ccc(=N)n(C(=N)Cc3cccs3)n2)CC1. The normalized spacial score (nSPS) is 14.0. The molecule has 0 atom stereocenters. The smallest absolute Gasteiger partial charge is 0.227 e. The molecule has 0 saturated carbocycles. The number of benzene rings is 1. The molecule has 1 aromatic carbocycles. The van der Waals surface area contributed by atoms with Gasteiger partial charge < -0.3 is 9.80 Å². The predicted molar refractivity (Wildman–Crippen MR) is 123 cm³/mol.